The lowest BCUT2D eigenvalue weighted by molar-refractivity contribution is -0.172. The number of hydroxylamine groups is 2. The first kappa shape index (κ1) is 12.2. The number of carbonyl (C=O) groups excluding carboxylic acids is 3. The molecule has 1 fully saturated rings. The van der Waals surface area contributed by atoms with Crippen molar-refractivity contribution in [2.24, 2.45) is 0 Å². The van der Waals surface area contributed by atoms with E-state index in [1.807, 2.05) is 0 Å². The van der Waals surface area contributed by atoms with Crippen molar-refractivity contribution in [2.75, 3.05) is 0 Å². The van der Waals surface area contributed by atoms with Gasteiger partial charge in [-0.2, -0.15) is 0 Å². The number of hydrogen-bond acceptors (Lipinski definition) is 4. The number of hydrogen-bond donors (Lipinski definition) is 0. The molecular weight excluding hydrogens is 248 g/mol. The molecule has 7 heteroatoms. The summed E-state index contributed by atoms with van der Waals surface area (Å²) in [4.78, 5) is 38.4. The van der Waals surface area contributed by atoms with Crippen LogP contribution in [0.3, 0.4) is 0 Å². The Balaban J connectivity index is 2.14. The largest absolute Gasteiger partial charge is 0.364 e. The number of benzene rings is 1. The molecule has 0 aliphatic carbocycles. The molecule has 1 heterocycles. The summed E-state index contributed by atoms with van der Waals surface area (Å²) in [5.41, 5.74) is -0.290. The van der Waals surface area contributed by atoms with Gasteiger partial charge in [0.1, 0.15) is 0 Å². The zero-order valence-electron chi connectivity index (χ0n) is 8.98. The van der Waals surface area contributed by atoms with Gasteiger partial charge in [0.2, 0.25) is 0 Å². The molecule has 0 saturated carbocycles. The minimum Gasteiger partial charge on any atom is -0.325 e. The lowest BCUT2D eigenvalue weighted by Crippen LogP contribution is -2.32. The van der Waals surface area contributed by atoms with Gasteiger partial charge in [-0.25, -0.2) is 13.6 Å². The van der Waals surface area contributed by atoms with Crippen molar-refractivity contribution >= 4 is 17.8 Å². The molecule has 0 unspecified atom stereocenters. The third-order valence-electron chi connectivity index (χ3n) is 2.34. The third kappa shape index (κ3) is 2.20. The first-order chi connectivity index (χ1) is 8.49. The number of carbonyl (C=O) groups is 3. The van der Waals surface area contributed by atoms with Crippen LogP contribution in [0.1, 0.15) is 23.2 Å². The van der Waals surface area contributed by atoms with E-state index in [4.69, 9.17) is 0 Å². The van der Waals surface area contributed by atoms with Gasteiger partial charge in [0.15, 0.2) is 11.6 Å². The van der Waals surface area contributed by atoms with E-state index in [1.54, 1.807) is 0 Å². The molecule has 18 heavy (non-hydrogen) atoms. The highest BCUT2D eigenvalue weighted by molar-refractivity contribution is 6.02. The quantitative estimate of drug-likeness (QED) is 0.744. The summed E-state index contributed by atoms with van der Waals surface area (Å²) in [6.45, 7) is 0. The summed E-state index contributed by atoms with van der Waals surface area (Å²) in [6.07, 6.45) is -0.0756. The van der Waals surface area contributed by atoms with Crippen molar-refractivity contribution in [1.82, 2.24) is 5.06 Å². The van der Waals surface area contributed by atoms with E-state index in [0.29, 0.717) is 11.1 Å². The summed E-state index contributed by atoms with van der Waals surface area (Å²) in [7, 11) is 0. The summed E-state index contributed by atoms with van der Waals surface area (Å²) in [5, 5.41) is 0.337. The molecule has 94 valence electrons. The van der Waals surface area contributed by atoms with Crippen molar-refractivity contribution < 1.29 is 28.0 Å². The normalized spacial score (nSPS) is 15.1. The first-order valence-electron chi connectivity index (χ1n) is 5.02. The number of nitrogens with zero attached hydrogens (tertiary/aromatic N) is 1. The van der Waals surface area contributed by atoms with E-state index in [1.165, 1.54) is 0 Å². The van der Waals surface area contributed by atoms with Crippen LogP contribution in [-0.4, -0.2) is 22.8 Å². The topological polar surface area (TPSA) is 63.7 Å². The van der Waals surface area contributed by atoms with Crippen molar-refractivity contribution in [1.29, 1.82) is 0 Å². The van der Waals surface area contributed by atoms with Gasteiger partial charge >= 0.3 is 5.97 Å². The molecule has 5 nitrogen and oxygen atoms in total. The zero-order chi connectivity index (χ0) is 13.3. The Morgan fingerprint density at radius 1 is 1.11 bits per heavy atom. The van der Waals surface area contributed by atoms with E-state index in [2.05, 4.69) is 4.84 Å². The summed E-state index contributed by atoms with van der Waals surface area (Å²) >= 11 is 0. The van der Waals surface area contributed by atoms with Gasteiger partial charge in [0.25, 0.3) is 11.8 Å². The van der Waals surface area contributed by atoms with Crippen molar-refractivity contribution in [3.63, 3.8) is 0 Å². The average molecular weight is 255 g/mol. The molecule has 2 rings (SSSR count). The van der Waals surface area contributed by atoms with E-state index >= 15 is 0 Å². The van der Waals surface area contributed by atoms with Gasteiger partial charge < -0.3 is 4.84 Å². The highest BCUT2D eigenvalue weighted by atomic mass is 19.2. The maximum absolute atomic E-state index is 12.9. The first-order valence-corrected chi connectivity index (χ1v) is 5.02. The molecule has 0 radical (unpaired) electrons. The second-order valence-corrected chi connectivity index (χ2v) is 3.59. The standard InChI is InChI=1S/C11H7F2NO4/c12-7-2-1-6(5-8(7)13)11(17)18-14-9(15)3-4-10(14)16/h1-2,5H,3-4H2. The minimum atomic E-state index is -1.22. The van der Waals surface area contributed by atoms with Crippen LogP contribution < -0.4 is 0 Å². The van der Waals surface area contributed by atoms with Crippen molar-refractivity contribution in [2.45, 2.75) is 12.8 Å². The highest BCUT2D eigenvalue weighted by Crippen LogP contribution is 2.15. The van der Waals surface area contributed by atoms with Gasteiger partial charge in [-0.3, -0.25) is 9.59 Å². The molecule has 1 aromatic carbocycles. The lowest BCUT2D eigenvalue weighted by Gasteiger charge is -2.12. The number of amides is 2. The number of rotatable bonds is 2. The summed E-state index contributed by atoms with van der Waals surface area (Å²) < 4.78 is 25.5. The fraction of sp³-hybridized carbons (Fsp3) is 0.182. The SMILES string of the molecule is O=C(ON1C(=O)CCC1=O)c1ccc(F)c(F)c1. The fourth-order valence-electron chi connectivity index (χ4n) is 1.42. The Bertz CT molecular complexity index is 528. The molecule has 0 N–H and O–H groups in total. The Morgan fingerprint density at radius 3 is 2.28 bits per heavy atom. The molecule has 1 aliphatic rings. The second kappa shape index (κ2) is 4.52. The molecular formula is C11H7F2NO4. The van der Waals surface area contributed by atoms with Gasteiger partial charge in [-0.05, 0) is 18.2 Å². The fourth-order valence-corrected chi connectivity index (χ4v) is 1.42. The van der Waals surface area contributed by atoms with Crippen molar-refractivity contribution in [3.8, 4) is 0 Å². The Hall–Kier alpha value is -2.31. The van der Waals surface area contributed by atoms with E-state index in [-0.39, 0.29) is 18.4 Å². The van der Waals surface area contributed by atoms with Crippen LogP contribution in [0.2, 0.25) is 0 Å². The van der Waals surface area contributed by atoms with Gasteiger partial charge in [-0.1, -0.05) is 0 Å². The van der Waals surface area contributed by atoms with Crippen LogP contribution in [0.15, 0.2) is 18.2 Å². The maximum Gasteiger partial charge on any atom is 0.364 e. The molecule has 0 spiro atoms. The average Bonchev–Trinajstić information content (AvgIpc) is 2.64. The molecule has 0 atom stereocenters. The Labute approximate surface area is 99.9 Å². The minimum absolute atomic E-state index is 0.0378. The lowest BCUT2D eigenvalue weighted by atomic mass is 10.2. The van der Waals surface area contributed by atoms with E-state index < -0.39 is 29.4 Å². The number of halogens is 2. The van der Waals surface area contributed by atoms with Gasteiger partial charge in [0, 0.05) is 12.8 Å². The molecule has 0 bridgehead atoms. The highest BCUT2D eigenvalue weighted by Gasteiger charge is 2.33. The summed E-state index contributed by atoms with van der Waals surface area (Å²) in [5.74, 6) is -4.72. The Kier molecular flexibility index (Phi) is 3.05. The predicted octanol–water partition coefficient (Wildman–Crippen LogP) is 1.19. The maximum atomic E-state index is 12.9. The smallest absolute Gasteiger partial charge is 0.325 e. The molecule has 1 aromatic rings. The van der Waals surface area contributed by atoms with Crippen LogP contribution in [-0.2, 0) is 14.4 Å². The van der Waals surface area contributed by atoms with E-state index in [9.17, 15) is 23.2 Å². The Morgan fingerprint density at radius 2 is 1.72 bits per heavy atom. The van der Waals surface area contributed by atoms with E-state index in [0.717, 1.165) is 12.1 Å². The molecule has 2 amide bonds. The molecule has 1 aliphatic heterocycles. The zero-order valence-corrected chi connectivity index (χ0v) is 8.98. The second-order valence-electron chi connectivity index (χ2n) is 3.59. The molecule has 0 aromatic heterocycles. The van der Waals surface area contributed by atoms with Gasteiger partial charge in [-0.15, -0.1) is 5.06 Å². The van der Waals surface area contributed by atoms with Crippen molar-refractivity contribution in [3.05, 3.63) is 35.4 Å². The van der Waals surface area contributed by atoms with Crippen LogP contribution in [0.5, 0.6) is 0 Å². The van der Waals surface area contributed by atoms with Crippen LogP contribution in [0, 0.1) is 11.6 Å². The van der Waals surface area contributed by atoms with Gasteiger partial charge in [0.05, 0.1) is 5.56 Å². The van der Waals surface area contributed by atoms with Crippen LogP contribution in [0.4, 0.5) is 8.78 Å². The monoisotopic (exact) mass is 255 g/mol. The van der Waals surface area contributed by atoms with Crippen LogP contribution >= 0.6 is 0 Å². The predicted molar refractivity (Wildman–Crippen MR) is 52.9 cm³/mol. The number of imide groups is 1. The van der Waals surface area contributed by atoms with Crippen LogP contribution in [0.25, 0.3) is 0 Å². The molecule has 1 saturated heterocycles. The third-order valence-corrected chi connectivity index (χ3v) is 2.34. The summed E-state index contributed by atoms with van der Waals surface area (Å²) in [6, 6.07) is 2.37.